The van der Waals surface area contributed by atoms with E-state index in [0.717, 1.165) is 24.6 Å². The van der Waals surface area contributed by atoms with Crippen LogP contribution in [-0.2, 0) is 16.4 Å². The molecule has 20 heavy (non-hydrogen) atoms. The highest BCUT2D eigenvalue weighted by atomic mass is 127. The van der Waals surface area contributed by atoms with Crippen molar-refractivity contribution in [1.82, 2.24) is 10.2 Å². The third kappa shape index (κ3) is 4.08. The van der Waals surface area contributed by atoms with Crippen LogP contribution in [0.2, 0.25) is 0 Å². The molecule has 1 N–H and O–H groups in total. The number of guanidine groups is 1. The lowest BCUT2D eigenvalue weighted by atomic mass is 10.2. The number of rotatable bonds is 4. The highest BCUT2D eigenvalue weighted by Gasteiger charge is 2.13. The number of likely N-dealkylation sites (N-methyl/N-ethyl adjacent to an activating group) is 1. The molecule has 0 unspecified atom stereocenters. The monoisotopic (exact) mass is 409 g/mol. The largest absolute Gasteiger partial charge is 0.352 e. The Morgan fingerprint density at radius 1 is 1.40 bits per heavy atom. The third-order valence-electron chi connectivity index (χ3n) is 3.15. The lowest BCUT2D eigenvalue weighted by Crippen LogP contribution is -2.35. The summed E-state index contributed by atoms with van der Waals surface area (Å²) in [5.74, 6) is 0.989. The molecular weight excluding hydrogens is 389 g/mol. The number of aliphatic imine (C=N–C) groups is 1. The SMILES string of the molecule is CCS(=O)(=O)c1cccc(CNC2=NCCN2C)c1.I. The Morgan fingerprint density at radius 2 is 2.15 bits per heavy atom. The summed E-state index contributed by atoms with van der Waals surface area (Å²) in [6, 6.07) is 7.06. The summed E-state index contributed by atoms with van der Waals surface area (Å²) < 4.78 is 23.6. The molecule has 112 valence electrons. The van der Waals surface area contributed by atoms with E-state index in [-0.39, 0.29) is 29.7 Å². The smallest absolute Gasteiger partial charge is 0.194 e. The van der Waals surface area contributed by atoms with Crippen LogP contribution in [0.5, 0.6) is 0 Å². The number of hydrogen-bond acceptors (Lipinski definition) is 5. The van der Waals surface area contributed by atoms with Crippen molar-refractivity contribution in [3.8, 4) is 0 Å². The summed E-state index contributed by atoms with van der Waals surface area (Å²) in [6.07, 6.45) is 0. The second-order valence-electron chi connectivity index (χ2n) is 4.53. The lowest BCUT2D eigenvalue weighted by Gasteiger charge is -2.15. The van der Waals surface area contributed by atoms with Crippen LogP contribution < -0.4 is 5.32 Å². The van der Waals surface area contributed by atoms with Gasteiger partial charge in [-0.3, -0.25) is 4.99 Å². The summed E-state index contributed by atoms with van der Waals surface area (Å²) in [5, 5.41) is 3.23. The van der Waals surface area contributed by atoms with E-state index in [0.29, 0.717) is 11.4 Å². The number of hydrogen-bond donors (Lipinski definition) is 1. The number of benzene rings is 1. The van der Waals surface area contributed by atoms with Crippen LogP contribution in [0.1, 0.15) is 12.5 Å². The Bertz CT molecular complexity index is 587. The first-order valence-corrected chi connectivity index (χ1v) is 7.99. The maximum atomic E-state index is 11.8. The summed E-state index contributed by atoms with van der Waals surface area (Å²) in [5.41, 5.74) is 0.942. The van der Waals surface area contributed by atoms with Crippen molar-refractivity contribution in [2.75, 3.05) is 25.9 Å². The van der Waals surface area contributed by atoms with E-state index in [1.54, 1.807) is 25.1 Å². The van der Waals surface area contributed by atoms with Gasteiger partial charge in [-0.1, -0.05) is 19.1 Å². The zero-order valence-electron chi connectivity index (χ0n) is 11.7. The number of halogens is 1. The van der Waals surface area contributed by atoms with Crippen molar-refractivity contribution >= 4 is 39.8 Å². The molecule has 0 aromatic heterocycles. The van der Waals surface area contributed by atoms with Gasteiger partial charge in [-0.05, 0) is 17.7 Å². The van der Waals surface area contributed by atoms with Crippen molar-refractivity contribution in [2.24, 2.45) is 4.99 Å². The fourth-order valence-electron chi connectivity index (χ4n) is 1.92. The van der Waals surface area contributed by atoms with Crippen LogP contribution in [0.15, 0.2) is 34.2 Å². The second kappa shape index (κ2) is 7.26. The first kappa shape index (κ1) is 17.2. The molecule has 0 saturated heterocycles. The van der Waals surface area contributed by atoms with Crippen molar-refractivity contribution in [3.63, 3.8) is 0 Å². The molecule has 2 rings (SSSR count). The van der Waals surface area contributed by atoms with E-state index < -0.39 is 9.84 Å². The van der Waals surface area contributed by atoms with Crippen LogP contribution in [0.3, 0.4) is 0 Å². The van der Waals surface area contributed by atoms with Gasteiger partial charge in [0, 0.05) is 20.1 Å². The van der Waals surface area contributed by atoms with E-state index in [1.807, 2.05) is 18.0 Å². The van der Waals surface area contributed by atoms with E-state index >= 15 is 0 Å². The molecule has 0 radical (unpaired) electrons. The van der Waals surface area contributed by atoms with Gasteiger partial charge in [0.25, 0.3) is 0 Å². The zero-order chi connectivity index (χ0) is 13.9. The van der Waals surface area contributed by atoms with Gasteiger partial charge in [0.15, 0.2) is 15.8 Å². The fraction of sp³-hybridized carbons (Fsp3) is 0.462. The zero-order valence-corrected chi connectivity index (χ0v) is 14.8. The highest BCUT2D eigenvalue weighted by Crippen LogP contribution is 2.13. The fourth-order valence-corrected chi connectivity index (χ4v) is 2.87. The van der Waals surface area contributed by atoms with Gasteiger partial charge in [-0.25, -0.2) is 8.42 Å². The Balaban J connectivity index is 0.00000200. The summed E-state index contributed by atoms with van der Waals surface area (Å²) in [4.78, 5) is 6.77. The maximum Gasteiger partial charge on any atom is 0.194 e. The van der Waals surface area contributed by atoms with Gasteiger partial charge in [-0.15, -0.1) is 24.0 Å². The first-order chi connectivity index (χ1) is 9.03. The number of sulfone groups is 1. The molecule has 1 aliphatic rings. The molecule has 0 spiro atoms. The molecule has 0 bridgehead atoms. The van der Waals surface area contributed by atoms with Gasteiger partial charge in [-0.2, -0.15) is 0 Å². The van der Waals surface area contributed by atoms with E-state index in [1.165, 1.54) is 0 Å². The molecule has 0 atom stereocenters. The van der Waals surface area contributed by atoms with Crippen LogP contribution in [0, 0.1) is 0 Å². The van der Waals surface area contributed by atoms with Crippen LogP contribution in [-0.4, -0.2) is 45.2 Å². The minimum absolute atomic E-state index is 0. The third-order valence-corrected chi connectivity index (χ3v) is 4.88. The van der Waals surface area contributed by atoms with E-state index in [2.05, 4.69) is 10.3 Å². The van der Waals surface area contributed by atoms with Crippen LogP contribution in [0.25, 0.3) is 0 Å². The summed E-state index contributed by atoms with van der Waals surface area (Å²) >= 11 is 0. The predicted molar refractivity (Wildman–Crippen MR) is 91.4 cm³/mol. The molecule has 1 aromatic carbocycles. The van der Waals surface area contributed by atoms with Crippen molar-refractivity contribution in [3.05, 3.63) is 29.8 Å². The molecule has 0 amide bonds. The van der Waals surface area contributed by atoms with Crippen molar-refractivity contribution < 1.29 is 8.42 Å². The Labute approximate surface area is 137 Å². The van der Waals surface area contributed by atoms with E-state index in [9.17, 15) is 8.42 Å². The number of nitrogens with one attached hydrogen (secondary N) is 1. The highest BCUT2D eigenvalue weighted by molar-refractivity contribution is 14.0. The lowest BCUT2D eigenvalue weighted by molar-refractivity contribution is 0.534. The quantitative estimate of drug-likeness (QED) is 0.766. The topological polar surface area (TPSA) is 61.8 Å². The van der Waals surface area contributed by atoms with Gasteiger partial charge in [0.2, 0.25) is 0 Å². The minimum Gasteiger partial charge on any atom is -0.352 e. The second-order valence-corrected chi connectivity index (χ2v) is 6.81. The van der Waals surface area contributed by atoms with Crippen LogP contribution in [0.4, 0.5) is 0 Å². The summed E-state index contributed by atoms with van der Waals surface area (Å²) in [7, 11) is -1.15. The molecule has 5 nitrogen and oxygen atoms in total. The van der Waals surface area contributed by atoms with Gasteiger partial charge in [0.1, 0.15) is 0 Å². The first-order valence-electron chi connectivity index (χ1n) is 6.34. The van der Waals surface area contributed by atoms with Gasteiger partial charge < -0.3 is 10.2 Å². The van der Waals surface area contributed by atoms with Crippen LogP contribution >= 0.6 is 24.0 Å². The Kier molecular flexibility index (Phi) is 6.25. The Morgan fingerprint density at radius 3 is 2.75 bits per heavy atom. The standard InChI is InChI=1S/C13H19N3O2S.HI/c1-3-19(17,18)12-6-4-5-11(9-12)10-15-13-14-7-8-16(13)2;/h4-6,9H,3,7-8,10H2,1-2H3,(H,14,15);1H. The Hall–Kier alpha value is -0.830. The maximum absolute atomic E-state index is 11.8. The molecule has 0 aliphatic carbocycles. The molecular formula is C13H20IN3O2S. The molecule has 0 fully saturated rings. The minimum atomic E-state index is -3.14. The van der Waals surface area contributed by atoms with E-state index in [4.69, 9.17) is 0 Å². The molecule has 1 aromatic rings. The van der Waals surface area contributed by atoms with Gasteiger partial charge >= 0.3 is 0 Å². The average molecular weight is 409 g/mol. The predicted octanol–water partition coefficient (Wildman–Crippen LogP) is 1.49. The molecule has 1 heterocycles. The van der Waals surface area contributed by atoms with Gasteiger partial charge in [0.05, 0.1) is 17.2 Å². The number of nitrogens with zero attached hydrogens (tertiary/aromatic N) is 2. The molecule has 7 heteroatoms. The molecule has 1 aliphatic heterocycles. The van der Waals surface area contributed by atoms with Crippen molar-refractivity contribution in [2.45, 2.75) is 18.4 Å². The normalized spacial score (nSPS) is 14.7. The summed E-state index contributed by atoms with van der Waals surface area (Å²) in [6.45, 7) is 3.97. The van der Waals surface area contributed by atoms with Crippen molar-refractivity contribution in [1.29, 1.82) is 0 Å². The molecule has 0 saturated carbocycles. The average Bonchev–Trinajstić information content (AvgIpc) is 2.82.